The number of thioether (sulfide) groups is 1. The van der Waals surface area contributed by atoms with Crippen molar-refractivity contribution < 1.29 is 9.53 Å². The number of carbonyl (C=O) groups excluding carboxylic acids is 1. The van der Waals surface area contributed by atoms with Crippen LogP contribution in [0.25, 0.3) is 16.8 Å². The highest BCUT2D eigenvalue weighted by molar-refractivity contribution is 8.18. The molecule has 29 heavy (non-hydrogen) atoms. The fraction of sp³-hybridized carbons (Fsp3) is 0.130. The Morgan fingerprint density at radius 3 is 2.79 bits per heavy atom. The van der Waals surface area contributed by atoms with Crippen molar-refractivity contribution in [1.82, 2.24) is 5.32 Å². The molecule has 4 rings (SSSR count). The molecule has 0 spiro atoms. The molecule has 0 aromatic heterocycles. The molecule has 1 aliphatic heterocycles. The molecule has 1 aliphatic rings. The number of aryl methyl sites for hydroxylation is 1. The van der Waals surface area contributed by atoms with E-state index in [1.165, 1.54) is 11.8 Å². The topological polar surface area (TPSA) is 50.7 Å². The second-order valence-electron chi connectivity index (χ2n) is 6.55. The van der Waals surface area contributed by atoms with E-state index in [0.29, 0.717) is 27.4 Å². The number of rotatable bonds is 4. The highest BCUT2D eigenvalue weighted by atomic mass is 35.5. The van der Waals surface area contributed by atoms with Crippen molar-refractivity contribution in [1.29, 1.82) is 0 Å². The molecule has 0 bridgehead atoms. The second-order valence-corrected chi connectivity index (χ2v) is 7.98. The molecule has 3 aromatic carbocycles. The first-order valence-corrected chi connectivity index (χ1v) is 10.4. The highest BCUT2D eigenvalue weighted by Gasteiger charge is 2.24. The fourth-order valence-electron chi connectivity index (χ4n) is 3.09. The van der Waals surface area contributed by atoms with Gasteiger partial charge in [-0.25, -0.2) is 4.99 Å². The van der Waals surface area contributed by atoms with E-state index in [1.807, 2.05) is 68.5 Å². The van der Waals surface area contributed by atoms with Gasteiger partial charge in [0.2, 0.25) is 0 Å². The van der Waals surface area contributed by atoms with E-state index in [1.54, 1.807) is 6.07 Å². The summed E-state index contributed by atoms with van der Waals surface area (Å²) in [7, 11) is 0. The van der Waals surface area contributed by atoms with Crippen LogP contribution in [0.5, 0.6) is 5.75 Å². The molecule has 1 fully saturated rings. The first-order chi connectivity index (χ1) is 14.0. The van der Waals surface area contributed by atoms with Crippen LogP contribution in [-0.4, -0.2) is 17.7 Å². The third kappa shape index (κ3) is 4.16. The average Bonchev–Trinajstić information content (AvgIpc) is 3.05. The van der Waals surface area contributed by atoms with Gasteiger partial charge in [-0.3, -0.25) is 4.79 Å². The Bertz CT molecular complexity index is 1170. The number of fused-ring (bicyclic) bond motifs is 1. The summed E-state index contributed by atoms with van der Waals surface area (Å²) >= 11 is 7.48. The molecule has 146 valence electrons. The number of amides is 1. The van der Waals surface area contributed by atoms with Crippen molar-refractivity contribution in [2.75, 3.05) is 6.61 Å². The number of aliphatic imine (C=N–C) groups is 1. The predicted octanol–water partition coefficient (Wildman–Crippen LogP) is 6.09. The maximum Gasteiger partial charge on any atom is 0.264 e. The molecular formula is C23H19ClN2O2S. The summed E-state index contributed by atoms with van der Waals surface area (Å²) in [6.07, 6.45) is 1.87. The Kier molecular flexibility index (Phi) is 5.60. The summed E-state index contributed by atoms with van der Waals surface area (Å²) < 4.78 is 5.81. The third-order valence-corrected chi connectivity index (χ3v) is 5.86. The highest BCUT2D eigenvalue weighted by Crippen LogP contribution is 2.35. The molecule has 4 nitrogen and oxygen atoms in total. The van der Waals surface area contributed by atoms with Crippen molar-refractivity contribution in [2.45, 2.75) is 13.8 Å². The minimum Gasteiger partial charge on any atom is -0.493 e. The molecule has 0 unspecified atom stereocenters. The van der Waals surface area contributed by atoms with Crippen LogP contribution in [0.3, 0.4) is 0 Å². The molecule has 3 aromatic rings. The maximum absolute atomic E-state index is 12.6. The SMILES string of the molecule is CCOc1ccc2ccccc2c1/C=C1\SC(=Nc2ccc(C)c(Cl)c2)NC1=O. The van der Waals surface area contributed by atoms with Crippen LogP contribution in [0.4, 0.5) is 5.69 Å². The number of halogens is 1. The Morgan fingerprint density at radius 1 is 1.17 bits per heavy atom. The lowest BCUT2D eigenvalue weighted by molar-refractivity contribution is -0.115. The lowest BCUT2D eigenvalue weighted by Gasteiger charge is -2.11. The fourth-order valence-corrected chi connectivity index (χ4v) is 4.08. The summed E-state index contributed by atoms with van der Waals surface area (Å²) in [5, 5.41) is 6.13. The maximum atomic E-state index is 12.6. The number of amidine groups is 1. The van der Waals surface area contributed by atoms with E-state index in [0.717, 1.165) is 27.6 Å². The zero-order valence-electron chi connectivity index (χ0n) is 16.0. The number of benzene rings is 3. The number of hydrogen-bond acceptors (Lipinski definition) is 4. The van der Waals surface area contributed by atoms with Crippen molar-refractivity contribution in [2.24, 2.45) is 4.99 Å². The average molecular weight is 423 g/mol. The zero-order chi connectivity index (χ0) is 20.4. The van der Waals surface area contributed by atoms with Crippen molar-refractivity contribution >= 4 is 57.0 Å². The molecule has 0 atom stereocenters. The molecule has 0 aliphatic carbocycles. The summed E-state index contributed by atoms with van der Waals surface area (Å²) in [6.45, 7) is 4.43. The van der Waals surface area contributed by atoms with Gasteiger partial charge in [0, 0.05) is 10.6 Å². The smallest absolute Gasteiger partial charge is 0.264 e. The monoisotopic (exact) mass is 422 g/mol. The molecule has 1 heterocycles. The van der Waals surface area contributed by atoms with E-state index in [2.05, 4.69) is 10.3 Å². The van der Waals surface area contributed by atoms with Crippen molar-refractivity contribution in [3.63, 3.8) is 0 Å². The van der Waals surface area contributed by atoms with Crippen LogP contribution >= 0.6 is 23.4 Å². The van der Waals surface area contributed by atoms with Gasteiger partial charge in [0.25, 0.3) is 5.91 Å². The molecule has 1 saturated heterocycles. The summed E-state index contributed by atoms with van der Waals surface area (Å²) in [5.74, 6) is 0.574. The standard InChI is InChI=1S/C23H19ClN2O2S/c1-3-28-20-11-9-15-6-4-5-7-17(15)18(20)13-21-22(27)26-23(29-21)25-16-10-8-14(2)19(24)12-16/h4-13H,3H2,1-2H3,(H,25,26,27)/b21-13-. The summed E-state index contributed by atoms with van der Waals surface area (Å²) in [5.41, 5.74) is 2.57. The van der Waals surface area contributed by atoms with Gasteiger partial charge >= 0.3 is 0 Å². The van der Waals surface area contributed by atoms with Gasteiger partial charge in [0.05, 0.1) is 17.2 Å². The number of hydrogen-bond donors (Lipinski definition) is 1. The Balaban J connectivity index is 1.72. The Labute approximate surface area is 178 Å². The van der Waals surface area contributed by atoms with Gasteiger partial charge in [-0.2, -0.15) is 0 Å². The van der Waals surface area contributed by atoms with E-state index in [4.69, 9.17) is 16.3 Å². The van der Waals surface area contributed by atoms with Gasteiger partial charge in [0.1, 0.15) is 5.75 Å². The quantitative estimate of drug-likeness (QED) is 0.517. The van der Waals surface area contributed by atoms with E-state index < -0.39 is 0 Å². The normalized spacial score (nSPS) is 16.6. The molecule has 1 amide bonds. The number of carbonyl (C=O) groups is 1. The second kappa shape index (κ2) is 8.31. The third-order valence-electron chi connectivity index (χ3n) is 4.54. The van der Waals surface area contributed by atoms with E-state index >= 15 is 0 Å². The lowest BCUT2D eigenvalue weighted by atomic mass is 10.0. The van der Waals surface area contributed by atoms with Crippen molar-refractivity contribution in [3.05, 3.63) is 75.7 Å². The van der Waals surface area contributed by atoms with Crippen LogP contribution in [0, 0.1) is 6.92 Å². The van der Waals surface area contributed by atoms with Gasteiger partial charge in [-0.05, 0) is 66.2 Å². The minimum absolute atomic E-state index is 0.178. The number of nitrogens with one attached hydrogen (secondary N) is 1. The number of nitrogens with zero attached hydrogens (tertiary/aromatic N) is 1. The zero-order valence-corrected chi connectivity index (χ0v) is 17.6. The van der Waals surface area contributed by atoms with E-state index in [9.17, 15) is 4.79 Å². The molecule has 0 saturated carbocycles. The Morgan fingerprint density at radius 2 is 2.00 bits per heavy atom. The van der Waals surface area contributed by atoms with Crippen LogP contribution in [0.15, 0.2) is 64.5 Å². The number of ether oxygens (including phenoxy) is 1. The van der Waals surface area contributed by atoms with Gasteiger partial charge in [0.15, 0.2) is 5.17 Å². The molecule has 0 radical (unpaired) electrons. The molecule has 6 heteroatoms. The van der Waals surface area contributed by atoms with Crippen LogP contribution in [-0.2, 0) is 4.79 Å². The lowest BCUT2D eigenvalue weighted by Crippen LogP contribution is -2.19. The molecular weight excluding hydrogens is 404 g/mol. The van der Waals surface area contributed by atoms with Crippen LogP contribution in [0.2, 0.25) is 5.02 Å². The van der Waals surface area contributed by atoms with E-state index in [-0.39, 0.29) is 5.91 Å². The first-order valence-electron chi connectivity index (χ1n) is 9.25. The Hall–Kier alpha value is -2.76. The van der Waals surface area contributed by atoms with Gasteiger partial charge in [-0.15, -0.1) is 0 Å². The first kappa shape index (κ1) is 19.6. The molecule has 1 N–H and O–H groups in total. The summed E-state index contributed by atoms with van der Waals surface area (Å²) in [4.78, 5) is 17.6. The largest absolute Gasteiger partial charge is 0.493 e. The van der Waals surface area contributed by atoms with Crippen molar-refractivity contribution in [3.8, 4) is 5.75 Å². The summed E-state index contributed by atoms with van der Waals surface area (Å²) in [6, 6.07) is 17.6. The van der Waals surface area contributed by atoms with Gasteiger partial charge < -0.3 is 10.1 Å². The van der Waals surface area contributed by atoms with Crippen LogP contribution in [0.1, 0.15) is 18.1 Å². The van der Waals surface area contributed by atoms with Crippen LogP contribution < -0.4 is 10.1 Å². The van der Waals surface area contributed by atoms with Gasteiger partial charge in [-0.1, -0.05) is 48.0 Å². The predicted molar refractivity (Wildman–Crippen MR) is 122 cm³/mol. The minimum atomic E-state index is -0.178.